The van der Waals surface area contributed by atoms with E-state index in [4.69, 9.17) is 4.43 Å². The molecule has 0 amide bonds. The van der Waals surface area contributed by atoms with Crippen LogP contribution in [0.1, 0.15) is 37.5 Å². The Balaban J connectivity index is 2.15. The van der Waals surface area contributed by atoms with Crippen molar-refractivity contribution < 1.29 is 4.43 Å². The van der Waals surface area contributed by atoms with Crippen LogP contribution in [0.15, 0.2) is 72.8 Å². The molecule has 0 radical (unpaired) electrons. The van der Waals surface area contributed by atoms with E-state index in [-0.39, 0.29) is 5.04 Å². The first-order valence-corrected chi connectivity index (χ1v) is 12.2. The molecule has 0 bridgehead atoms. The molecule has 0 aliphatic rings. The van der Waals surface area contributed by atoms with E-state index in [1.807, 2.05) is 7.05 Å². The molecule has 0 saturated heterocycles. The zero-order valence-electron chi connectivity index (χ0n) is 18.5. The third-order valence-corrected chi connectivity index (χ3v) is 10.9. The molecule has 0 aliphatic heterocycles. The fourth-order valence-corrected chi connectivity index (χ4v) is 8.84. The van der Waals surface area contributed by atoms with Crippen LogP contribution in [0.25, 0.3) is 0 Å². The maximum atomic E-state index is 7.12. The van der Waals surface area contributed by atoms with E-state index < -0.39 is 8.32 Å². The van der Waals surface area contributed by atoms with Crippen molar-refractivity contribution in [2.75, 3.05) is 12.4 Å². The number of nitrogens with one attached hydrogen (secondary N) is 1. The lowest BCUT2D eigenvalue weighted by atomic mass is 10.0. The van der Waals surface area contributed by atoms with Crippen molar-refractivity contribution in [3.8, 4) is 0 Å². The van der Waals surface area contributed by atoms with Gasteiger partial charge < -0.3 is 9.74 Å². The zero-order valence-corrected chi connectivity index (χ0v) is 19.5. The molecule has 0 spiro atoms. The van der Waals surface area contributed by atoms with E-state index in [1.165, 1.54) is 27.1 Å². The predicted molar refractivity (Wildman–Crippen MR) is 128 cm³/mol. The summed E-state index contributed by atoms with van der Waals surface area (Å²) in [5.41, 5.74) is 4.99. The smallest absolute Gasteiger partial charge is 0.261 e. The average Bonchev–Trinajstić information content (AvgIpc) is 2.71. The first-order chi connectivity index (χ1) is 13.8. The molecule has 3 aromatic carbocycles. The highest BCUT2D eigenvalue weighted by Gasteiger charge is 2.50. The van der Waals surface area contributed by atoms with Crippen LogP contribution in [-0.2, 0) is 11.0 Å². The van der Waals surface area contributed by atoms with Crippen LogP contribution in [-0.4, -0.2) is 15.4 Å². The second-order valence-corrected chi connectivity index (χ2v) is 13.0. The van der Waals surface area contributed by atoms with Crippen LogP contribution < -0.4 is 15.7 Å². The van der Waals surface area contributed by atoms with Gasteiger partial charge >= 0.3 is 0 Å². The van der Waals surface area contributed by atoms with Crippen LogP contribution in [0.5, 0.6) is 0 Å². The minimum atomic E-state index is -2.53. The molecule has 0 aromatic heterocycles. The topological polar surface area (TPSA) is 21.3 Å². The number of aryl methyl sites for hydroxylation is 1. The molecular weight excluding hydrogens is 370 g/mol. The summed E-state index contributed by atoms with van der Waals surface area (Å²) in [4.78, 5) is 0. The van der Waals surface area contributed by atoms with E-state index in [0.29, 0.717) is 6.61 Å². The van der Waals surface area contributed by atoms with E-state index in [0.717, 1.165) is 5.69 Å². The summed E-state index contributed by atoms with van der Waals surface area (Å²) in [5, 5.41) is 5.93. The normalized spacial score (nSPS) is 12.1. The Morgan fingerprint density at radius 3 is 1.76 bits per heavy atom. The van der Waals surface area contributed by atoms with Gasteiger partial charge in [-0.15, -0.1) is 0 Å². The Hall–Kier alpha value is -2.36. The summed E-state index contributed by atoms with van der Waals surface area (Å²) in [6.07, 6.45) is 0. The standard InChI is InChI=1S/C26H33NOSi/c1-20-17-18-25(27-6)21(2)24(20)19-28-29(26(3,4)5,22-13-9-7-10-14-22)23-15-11-8-12-16-23/h7-18,27H,19H2,1-6H3. The van der Waals surface area contributed by atoms with E-state index in [1.54, 1.807) is 0 Å². The quantitative estimate of drug-likeness (QED) is 0.555. The van der Waals surface area contributed by atoms with Crippen LogP contribution in [0.2, 0.25) is 5.04 Å². The second kappa shape index (κ2) is 8.56. The molecule has 2 nitrogen and oxygen atoms in total. The van der Waals surface area contributed by atoms with Gasteiger partial charge in [-0.3, -0.25) is 0 Å². The fourth-order valence-electron chi connectivity index (χ4n) is 4.33. The lowest BCUT2D eigenvalue weighted by Crippen LogP contribution is -2.66. The van der Waals surface area contributed by atoms with Crippen LogP contribution in [0, 0.1) is 13.8 Å². The number of hydrogen-bond donors (Lipinski definition) is 1. The molecule has 3 rings (SSSR count). The largest absolute Gasteiger partial charge is 0.403 e. The van der Waals surface area contributed by atoms with Gasteiger partial charge in [-0.1, -0.05) is 87.5 Å². The first-order valence-electron chi connectivity index (χ1n) is 10.3. The van der Waals surface area contributed by atoms with Crippen molar-refractivity contribution in [3.63, 3.8) is 0 Å². The van der Waals surface area contributed by atoms with Gasteiger partial charge in [0.05, 0.1) is 6.61 Å². The molecule has 152 valence electrons. The van der Waals surface area contributed by atoms with Crippen LogP contribution >= 0.6 is 0 Å². The van der Waals surface area contributed by atoms with E-state index >= 15 is 0 Å². The molecule has 0 saturated carbocycles. The molecule has 29 heavy (non-hydrogen) atoms. The summed E-state index contributed by atoms with van der Waals surface area (Å²) in [6.45, 7) is 11.9. The molecule has 0 heterocycles. The minimum absolute atomic E-state index is 0.0157. The third kappa shape index (κ3) is 4.03. The number of hydrogen-bond acceptors (Lipinski definition) is 2. The maximum Gasteiger partial charge on any atom is 0.261 e. The Labute approximate surface area is 177 Å². The van der Waals surface area contributed by atoms with Crippen molar-refractivity contribution in [1.82, 2.24) is 0 Å². The van der Waals surface area contributed by atoms with Crippen LogP contribution in [0.3, 0.4) is 0 Å². The fraction of sp³-hybridized carbons (Fsp3) is 0.308. The van der Waals surface area contributed by atoms with Gasteiger partial charge in [-0.2, -0.15) is 0 Å². The molecule has 0 aliphatic carbocycles. The molecule has 3 aromatic rings. The van der Waals surface area contributed by atoms with E-state index in [2.05, 4.69) is 113 Å². The summed E-state index contributed by atoms with van der Waals surface area (Å²) in [5.74, 6) is 0. The summed E-state index contributed by atoms with van der Waals surface area (Å²) in [6, 6.07) is 26.0. The van der Waals surface area contributed by atoms with Gasteiger partial charge in [0.25, 0.3) is 8.32 Å². The first kappa shape index (κ1) is 21.3. The molecule has 0 fully saturated rings. The van der Waals surface area contributed by atoms with Gasteiger partial charge in [0.1, 0.15) is 0 Å². The Bertz CT molecular complexity index is 906. The van der Waals surface area contributed by atoms with Gasteiger partial charge in [0, 0.05) is 12.7 Å². The van der Waals surface area contributed by atoms with Crippen molar-refractivity contribution in [3.05, 3.63) is 89.5 Å². The number of benzene rings is 3. The van der Waals surface area contributed by atoms with Gasteiger partial charge in [0.15, 0.2) is 0 Å². The Morgan fingerprint density at radius 1 is 0.793 bits per heavy atom. The highest BCUT2D eigenvalue weighted by atomic mass is 28.4. The third-order valence-electron chi connectivity index (χ3n) is 5.95. The maximum absolute atomic E-state index is 7.12. The SMILES string of the molecule is CNc1ccc(C)c(CO[Si](c2ccccc2)(c2ccccc2)C(C)(C)C)c1C. The average molecular weight is 404 g/mol. The van der Waals surface area contributed by atoms with Crippen molar-refractivity contribution in [2.45, 2.75) is 46.3 Å². The van der Waals surface area contributed by atoms with E-state index in [9.17, 15) is 0 Å². The molecule has 0 unspecified atom stereocenters. The second-order valence-electron chi connectivity index (χ2n) is 8.74. The Morgan fingerprint density at radius 2 is 1.31 bits per heavy atom. The molecule has 3 heteroatoms. The van der Waals surface area contributed by atoms with Crippen LogP contribution in [0.4, 0.5) is 5.69 Å². The monoisotopic (exact) mass is 403 g/mol. The minimum Gasteiger partial charge on any atom is -0.403 e. The number of rotatable bonds is 6. The van der Waals surface area contributed by atoms with Crippen molar-refractivity contribution >= 4 is 24.4 Å². The van der Waals surface area contributed by atoms with Crippen molar-refractivity contribution in [1.29, 1.82) is 0 Å². The predicted octanol–water partition coefficient (Wildman–Crippen LogP) is 5.42. The number of anilines is 1. The Kier molecular flexibility index (Phi) is 6.30. The van der Waals surface area contributed by atoms with Gasteiger partial charge in [0.2, 0.25) is 0 Å². The lowest BCUT2D eigenvalue weighted by molar-refractivity contribution is 0.285. The highest BCUT2D eigenvalue weighted by Crippen LogP contribution is 2.38. The molecule has 0 atom stereocenters. The highest BCUT2D eigenvalue weighted by molar-refractivity contribution is 6.99. The summed E-state index contributed by atoms with van der Waals surface area (Å²) < 4.78 is 7.12. The molecule has 1 N–H and O–H groups in total. The van der Waals surface area contributed by atoms with Gasteiger partial charge in [-0.05, 0) is 52.0 Å². The van der Waals surface area contributed by atoms with Crippen molar-refractivity contribution in [2.24, 2.45) is 0 Å². The summed E-state index contributed by atoms with van der Waals surface area (Å²) >= 11 is 0. The zero-order chi connectivity index (χ0) is 21.1. The van der Waals surface area contributed by atoms with Gasteiger partial charge in [-0.25, -0.2) is 0 Å². The lowest BCUT2D eigenvalue weighted by Gasteiger charge is -2.43. The molecular formula is C26H33NOSi. The summed E-state index contributed by atoms with van der Waals surface area (Å²) in [7, 11) is -0.549.